The molecule has 82 valence electrons. The second kappa shape index (κ2) is 4.40. The van der Waals surface area contributed by atoms with Gasteiger partial charge < -0.3 is 9.84 Å². The molecule has 1 saturated heterocycles. The van der Waals surface area contributed by atoms with E-state index >= 15 is 0 Å². The van der Waals surface area contributed by atoms with E-state index in [1.807, 2.05) is 0 Å². The highest BCUT2D eigenvalue weighted by molar-refractivity contribution is 7.87. The van der Waals surface area contributed by atoms with Crippen LogP contribution in [-0.2, 0) is 20.3 Å². The fourth-order valence-corrected chi connectivity index (χ4v) is 2.54. The lowest BCUT2D eigenvalue weighted by atomic mass is 10.2. The maximum atomic E-state index is 11.7. The maximum Gasteiger partial charge on any atom is 0.321 e. The van der Waals surface area contributed by atoms with Gasteiger partial charge in [-0.3, -0.25) is 9.00 Å². The summed E-state index contributed by atoms with van der Waals surface area (Å²) >= 11 is 0. The molecule has 0 radical (unpaired) electrons. The monoisotopic (exact) mass is 220 g/mol. The molecule has 1 N–H and O–H groups in total. The van der Waals surface area contributed by atoms with Gasteiger partial charge in [0, 0.05) is 23.2 Å². The van der Waals surface area contributed by atoms with Crippen molar-refractivity contribution in [3.63, 3.8) is 0 Å². The fraction of sp³-hybridized carbons (Fsp3) is 0.889. The van der Waals surface area contributed by atoms with Crippen molar-refractivity contribution in [1.82, 2.24) is 0 Å². The molecule has 1 heterocycles. The van der Waals surface area contributed by atoms with E-state index in [2.05, 4.69) is 0 Å². The van der Waals surface area contributed by atoms with Gasteiger partial charge in [0.05, 0.1) is 6.61 Å². The highest BCUT2D eigenvalue weighted by Crippen LogP contribution is 2.20. The number of hydrogen-bond donors (Lipinski definition) is 1. The lowest BCUT2D eigenvalue weighted by Crippen LogP contribution is -2.39. The zero-order chi connectivity index (χ0) is 10.8. The predicted molar refractivity (Wildman–Crippen MR) is 53.7 cm³/mol. The van der Waals surface area contributed by atoms with Crippen molar-refractivity contribution in [3.8, 4) is 0 Å². The number of ether oxygens (including phenoxy) is 1. The molecule has 0 aliphatic carbocycles. The molecule has 0 aromatic rings. The normalized spacial score (nSPS) is 24.9. The highest BCUT2D eigenvalue weighted by Gasteiger charge is 2.36. The SMILES string of the molecule is CC(C)(C(=O)O)S(=O)C[C@@H]1CCOC1. The van der Waals surface area contributed by atoms with Gasteiger partial charge in [-0.1, -0.05) is 0 Å². The van der Waals surface area contributed by atoms with Gasteiger partial charge in [-0.15, -0.1) is 0 Å². The molecule has 2 atom stereocenters. The number of carbonyl (C=O) groups is 1. The van der Waals surface area contributed by atoms with Crippen LogP contribution in [0.3, 0.4) is 0 Å². The quantitative estimate of drug-likeness (QED) is 0.755. The van der Waals surface area contributed by atoms with Crippen LogP contribution in [0.2, 0.25) is 0 Å². The van der Waals surface area contributed by atoms with E-state index in [0.29, 0.717) is 19.0 Å². The van der Waals surface area contributed by atoms with Crippen molar-refractivity contribution in [3.05, 3.63) is 0 Å². The van der Waals surface area contributed by atoms with E-state index in [1.54, 1.807) is 0 Å². The first-order valence-electron chi connectivity index (χ1n) is 4.64. The molecule has 0 amide bonds. The molecule has 1 unspecified atom stereocenters. The van der Waals surface area contributed by atoms with Gasteiger partial charge in [0.15, 0.2) is 0 Å². The molecule has 0 bridgehead atoms. The first kappa shape index (κ1) is 11.7. The molecule has 0 aromatic carbocycles. The Hall–Kier alpha value is -0.420. The van der Waals surface area contributed by atoms with Crippen molar-refractivity contribution in [2.24, 2.45) is 5.92 Å². The molecule has 1 rings (SSSR count). The predicted octanol–water partition coefficient (Wildman–Crippen LogP) is 0.635. The number of carboxylic acid groups (broad SMARTS) is 1. The summed E-state index contributed by atoms with van der Waals surface area (Å²) in [6.45, 7) is 4.32. The van der Waals surface area contributed by atoms with E-state index in [0.717, 1.165) is 6.42 Å². The first-order chi connectivity index (χ1) is 6.44. The Morgan fingerprint density at radius 3 is 2.71 bits per heavy atom. The van der Waals surface area contributed by atoms with E-state index in [-0.39, 0.29) is 5.92 Å². The van der Waals surface area contributed by atoms with Gasteiger partial charge in [-0.05, 0) is 26.2 Å². The topological polar surface area (TPSA) is 63.6 Å². The molecule has 0 aromatic heterocycles. The van der Waals surface area contributed by atoms with Gasteiger partial charge in [0.25, 0.3) is 0 Å². The molecule has 1 aliphatic rings. The Bertz CT molecular complexity index is 243. The maximum absolute atomic E-state index is 11.7. The minimum atomic E-state index is -1.33. The van der Waals surface area contributed by atoms with Crippen LogP contribution in [0, 0.1) is 5.92 Å². The lowest BCUT2D eigenvalue weighted by Gasteiger charge is -2.20. The van der Waals surface area contributed by atoms with E-state index in [1.165, 1.54) is 13.8 Å². The Balaban J connectivity index is 2.52. The van der Waals surface area contributed by atoms with Crippen molar-refractivity contribution in [2.45, 2.75) is 25.0 Å². The molecule has 0 saturated carbocycles. The summed E-state index contributed by atoms with van der Waals surface area (Å²) in [7, 11) is -1.33. The van der Waals surface area contributed by atoms with Crippen molar-refractivity contribution >= 4 is 16.8 Å². The summed E-state index contributed by atoms with van der Waals surface area (Å²) in [6, 6.07) is 0. The van der Waals surface area contributed by atoms with Crippen molar-refractivity contribution < 1.29 is 18.8 Å². The van der Waals surface area contributed by atoms with Crippen LogP contribution in [0.25, 0.3) is 0 Å². The smallest absolute Gasteiger partial charge is 0.321 e. The Morgan fingerprint density at radius 1 is 1.64 bits per heavy atom. The van der Waals surface area contributed by atoms with Crippen molar-refractivity contribution in [2.75, 3.05) is 19.0 Å². The average Bonchev–Trinajstić information content (AvgIpc) is 2.56. The third-order valence-corrected chi connectivity index (χ3v) is 4.58. The molecule has 0 spiro atoms. The summed E-state index contributed by atoms with van der Waals surface area (Å²) in [5, 5.41) is 8.86. The molecule has 1 fully saturated rings. The van der Waals surface area contributed by atoms with Crippen LogP contribution >= 0.6 is 0 Å². The molecule has 1 aliphatic heterocycles. The molecule has 4 nitrogen and oxygen atoms in total. The largest absolute Gasteiger partial charge is 0.480 e. The summed E-state index contributed by atoms with van der Waals surface area (Å²) in [6.07, 6.45) is 0.890. The van der Waals surface area contributed by atoms with Crippen LogP contribution in [0.15, 0.2) is 0 Å². The van der Waals surface area contributed by atoms with E-state index < -0.39 is 21.5 Å². The summed E-state index contributed by atoms with van der Waals surface area (Å²) in [5.74, 6) is -0.316. The van der Waals surface area contributed by atoms with Crippen LogP contribution in [0.1, 0.15) is 20.3 Å². The van der Waals surface area contributed by atoms with Gasteiger partial charge in [0.2, 0.25) is 0 Å². The van der Waals surface area contributed by atoms with Gasteiger partial charge >= 0.3 is 5.97 Å². The Morgan fingerprint density at radius 2 is 2.29 bits per heavy atom. The van der Waals surface area contributed by atoms with Crippen molar-refractivity contribution in [1.29, 1.82) is 0 Å². The second-order valence-electron chi connectivity index (χ2n) is 4.06. The fourth-order valence-electron chi connectivity index (χ4n) is 1.23. The van der Waals surface area contributed by atoms with Crippen LogP contribution in [0.4, 0.5) is 0 Å². The standard InChI is InChI=1S/C9H16O4S/c1-9(2,8(10)11)14(12)6-7-3-4-13-5-7/h7H,3-6H2,1-2H3,(H,10,11)/t7-,14?/m1/s1. The minimum absolute atomic E-state index is 0.259. The van der Waals surface area contributed by atoms with Gasteiger partial charge in [-0.25, -0.2) is 0 Å². The van der Waals surface area contributed by atoms with Crippen LogP contribution in [-0.4, -0.2) is 39.0 Å². The number of aliphatic carboxylic acids is 1. The summed E-state index contributed by atoms with van der Waals surface area (Å²) in [4.78, 5) is 10.8. The zero-order valence-electron chi connectivity index (χ0n) is 8.49. The summed E-state index contributed by atoms with van der Waals surface area (Å²) in [5.41, 5.74) is 0. The molecule has 5 heteroatoms. The Labute approximate surface area is 86.1 Å². The number of carboxylic acids is 1. The molecule has 14 heavy (non-hydrogen) atoms. The molecular weight excluding hydrogens is 204 g/mol. The zero-order valence-corrected chi connectivity index (χ0v) is 9.30. The second-order valence-corrected chi connectivity index (χ2v) is 6.10. The van der Waals surface area contributed by atoms with Crippen LogP contribution in [0.5, 0.6) is 0 Å². The lowest BCUT2D eigenvalue weighted by molar-refractivity contribution is -0.139. The first-order valence-corrected chi connectivity index (χ1v) is 5.96. The average molecular weight is 220 g/mol. The van der Waals surface area contributed by atoms with Gasteiger partial charge in [-0.2, -0.15) is 0 Å². The highest BCUT2D eigenvalue weighted by atomic mass is 32.2. The van der Waals surface area contributed by atoms with E-state index in [9.17, 15) is 9.00 Å². The molecular formula is C9H16O4S. The number of hydrogen-bond acceptors (Lipinski definition) is 3. The number of rotatable bonds is 4. The third-order valence-electron chi connectivity index (χ3n) is 2.50. The van der Waals surface area contributed by atoms with E-state index in [4.69, 9.17) is 9.84 Å². The Kier molecular flexibility index (Phi) is 3.66. The third kappa shape index (κ3) is 2.54. The summed E-state index contributed by atoms with van der Waals surface area (Å²) < 4.78 is 15.7. The van der Waals surface area contributed by atoms with Crippen LogP contribution < -0.4 is 0 Å². The van der Waals surface area contributed by atoms with Gasteiger partial charge in [0.1, 0.15) is 4.75 Å². The minimum Gasteiger partial charge on any atom is -0.480 e.